The van der Waals surface area contributed by atoms with Gasteiger partial charge >= 0.3 is 0 Å². The summed E-state index contributed by atoms with van der Waals surface area (Å²) in [5.41, 5.74) is 1.15. The second-order valence-electron chi connectivity index (χ2n) is 7.70. The largest absolute Gasteiger partial charge is 0.497 e. The topological polar surface area (TPSA) is 58.6 Å². The summed E-state index contributed by atoms with van der Waals surface area (Å²) >= 11 is 0. The van der Waals surface area contributed by atoms with Crippen LogP contribution >= 0.6 is 0 Å². The minimum atomic E-state index is -0.644. The van der Waals surface area contributed by atoms with E-state index >= 15 is 0 Å². The van der Waals surface area contributed by atoms with Crippen LogP contribution in [0.25, 0.3) is 0 Å². The number of nitrogens with zero attached hydrogens (tertiary/aromatic N) is 1. The number of hydrogen-bond donors (Lipinski definition) is 1. The molecule has 5 nitrogen and oxygen atoms in total. The number of carbonyl (C=O) groups excluding carboxylic acids is 2. The lowest BCUT2D eigenvalue weighted by Crippen LogP contribution is -2.50. The molecule has 0 fully saturated rings. The quantitative estimate of drug-likeness (QED) is 0.640. The van der Waals surface area contributed by atoms with E-state index in [1.165, 1.54) is 11.0 Å². The average Bonchev–Trinajstić information content (AvgIpc) is 2.73. The zero-order valence-corrected chi connectivity index (χ0v) is 18.2. The smallest absolute Gasteiger partial charge is 0.242 e. The molecule has 0 saturated carbocycles. The van der Waals surface area contributed by atoms with Gasteiger partial charge in [0.2, 0.25) is 11.8 Å². The summed E-state index contributed by atoms with van der Waals surface area (Å²) in [7, 11) is 1.58. The number of nitrogens with one attached hydrogen (secondary N) is 1. The van der Waals surface area contributed by atoms with Crippen LogP contribution in [0.4, 0.5) is 4.39 Å². The highest BCUT2D eigenvalue weighted by atomic mass is 19.1. The van der Waals surface area contributed by atoms with Crippen LogP contribution in [0.15, 0.2) is 48.5 Å². The number of benzene rings is 2. The van der Waals surface area contributed by atoms with Crippen LogP contribution in [-0.2, 0) is 22.6 Å². The zero-order chi connectivity index (χ0) is 22.1. The van der Waals surface area contributed by atoms with Gasteiger partial charge in [0.05, 0.1) is 13.5 Å². The van der Waals surface area contributed by atoms with Crippen LogP contribution in [0.1, 0.15) is 38.3 Å². The van der Waals surface area contributed by atoms with Crippen LogP contribution < -0.4 is 10.1 Å². The molecule has 0 saturated heterocycles. The van der Waals surface area contributed by atoms with Crippen molar-refractivity contribution >= 4 is 11.8 Å². The molecule has 0 heterocycles. The minimum absolute atomic E-state index is 0.107. The van der Waals surface area contributed by atoms with E-state index in [9.17, 15) is 14.0 Å². The van der Waals surface area contributed by atoms with Crippen molar-refractivity contribution in [3.8, 4) is 5.75 Å². The molecule has 1 N–H and O–H groups in total. The van der Waals surface area contributed by atoms with Crippen molar-refractivity contribution in [2.45, 2.75) is 46.2 Å². The van der Waals surface area contributed by atoms with E-state index < -0.39 is 11.9 Å². The van der Waals surface area contributed by atoms with Crippen molar-refractivity contribution in [3.63, 3.8) is 0 Å². The van der Waals surface area contributed by atoms with Gasteiger partial charge in [0, 0.05) is 13.1 Å². The van der Waals surface area contributed by atoms with E-state index in [2.05, 4.69) is 5.32 Å². The van der Waals surface area contributed by atoms with Gasteiger partial charge < -0.3 is 15.0 Å². The lowest BCUT2D eigenvalue weighted by Gasteiger charge is -2.31. The second kappa shape index (κ2) is 11.3. The molecule has 2 aromatic carbocycles. The first-order valence-corrected chi connectivity index (χ1v) is 10.3. The maximum absolute atomic E-state index is 14.1. The number of halogens is 1. The van der Waals surface area contributed by atoms with E-state index in [-0.39, 0.29) is 24.8 Å². The molecule has 30 heavy (non-hydrogen) atoms. The highest BCUT2D eigenvalue weighted by Gasteiger charge is 2.29. The monoisotopic (exact) mass is 414 g/mol. The Morgan fingerprint density at radius 1 is 1.13 bits per heavy atom. The molecule has 0 aliphatic rings. The van der Waals surface area contributed by atoms with E-state index in [1.54, 1.807) is 25.3 Å². The molecule has 2 rings (SSSR count). The molecule has 162 valence electrons. The first-order valence-electron chi connectivity index (χ1n) is 10.3. The first-order chi connectivity index (χ1) is 14.3. The number of hydrogen-bond acceptors (Lipinski definition) is 3. The fraction of sp³-hybridized carbons (Fsp3) is 0.417. The molecule has 0 bridgehead atoms. The van der Waals surface area contributed by atoms with Gasteiger partial charge in [-0.15, -0.1) is 0 Å². The van der Waals surface area contributed by atoms with Gasteiger partial charge in [0.15, 0.2) is 0 Å². The van der Waals surface area contributed by atoms with Crippen molar-refractivity contribution in [2.24, 2.45) is 5.92 Å². The van der Waals surface area contributed by atoms with Gasteiger partial charge in [0.25, 0.3) is 0 Å². The lowest BCUT2D eigenvalue weighted by atomic mass is 10.1. The molecule has 0 radical (unpaired) electrons. The van der Waals surface area contributed by atoms with Crippen LogP contribution in [0.5, 0.6) is 5.75 Å². The maximum atomic E-state index is 14.1. The molecular formula is C24H31FN2O3. The molecule has 0 aliphatic carbocycles. The summed E-state index contributed by atoms with van der Waals surface area (Å²) in [4.78, 5) is 27.6. The average molecular weight is 415 g/mol. The van der Waals surface area contributed by atoms with Gasteiger partial charge in [-0.25, -0.2) is 4.39 Å². The molecule has 2 amide bonds. The van der Waals surface area contributed by atoms with E-state index in [1.807, 2.05) is 45.0 Å². The summed E-state index contributed by atoms with van der Waals surface area (Å²) in [6.45, 7) is 6.66. The van der Waals surface area contributed by atoms with Gasteiger partial charge in [-0.05, 0) is 41.7 Å². The number of amides is 2. The summed E-state index contributed by atoms with van der Waals surface area (Å²) in [5, 5.41) is 2.92. The van der Waals surface area contributed by atoms with Crippen LogP contribution in [0.2, 0.25) is 0 Å². The fourth-order valence-corrected chi connectivity index (χ4v) is 3.22. The maximum Gasteiger partial charge on any atom is 0.242 e. The summed E-state index contributed by atoms with van der Waals surface area (Å²) in [6, 6.07) is 12.9. The lowest BCUT2D eigenvalue weighted by molar-refractivity contribution is -0.141. The standard InChI is InChI=1S/C24H31FN2O3/c1-5-22(24(29)26-15-17(2)3)27(16-18-9-8-11-20(13-18)30-4)23(28)14-19-10-6-7-12-21(19)25/h6-13,17,22H,5,14-16H2,1-4H3,(H,26,29)/t22-/m0/s1. The van der Waals surface area contributed by atoms with Gasteiger partial charge in [0.1, 0.15) is 17.6 Å². The first kappa shape index (κ1) is 23.4. The van der Waals surface area contributed by atoms with Crippen molar-refractivity contribution in [1.29, 1.82) is 0 Å². The van der Waals surface area contributed by atoms with Crippen molar-refractivity contribution < 1.29 is 18.7 Å². The summed E-state index contributed by atoms with van der Waals surface area (Å²) < 4.78 is 19.4. The van der Waals surface area contributed by atoms with Crippen LogP contribution in [-0.4, -0.2) is 36.4 Å². The Morgan fingerprint density at radius 2 is 1.87 bits per heavy atom. The molecule has 2 aromatic rings. The summed E-state index contributed by atoms with van der Waals surface area (Å²) in [5.74, 6) is 0.0497. The Kier molecular flexibility index (Phi) is 8.84. The predicted molar refractivity (Wildman–Crippen MR) is 116 cm³/mol. The highest BCUT2D eigenvalue weighted by Crippen LogP contribution is 2.19. The van der Waals surface area contributed by atoms with Crippen molar-refractivity contribution in [3.05, 3.63) is 65.5 Å². The third kappa shape index (κ3) is 6.58. The number of carbonyl (C=O) groups is 2. The molecule has 0 aromatic heterocycles. The van der Waals surface area contributed by atoms with E-state index in [0.717, 1.165) is 5.56 Å². The molecule has 0 aliphatic heterocycles. The van der Waals surface area contributed by atoms with Gasteiger partial charge in [-0.2, -0.15) is 0 Å². The van der Waals surface area contributed by atoms with Crippen molar-refractivity contribution in [1.82, 2.24) is 10.2 Å². The Balaban J connectivity index is 2.30. The molecular weight excluding hydrogens is 383 g/mol. The Hall–Kier alpha value is -2.89. The third-order valence-electron chi connectivity index (χ3n) is 4.86. The van der Waals surface area contributed by atoms with Gasteiger partial charge in [-0.3, -0.25) is 9.59 Å². The predicted octanol–water partition coefficient (Wildman–Crippen LogP) is 3.96. The van der Waals surface area contributed by atoms with Crippen molar-refractivity contribution in [2.75, 3.05) is 13.7 Å². The van der Waals surface area contributed by atoms with E-state index in [4.69, 9.17) is 4.74 Å². The molecule has 1 atom stereocenters. The Morgan fingerprint density at radius 3 is 2.50 bits per heavy atom. The van der Waals surface area contributed by atoms with Gasteiger partial charge in [-0.1, -0.05) is 51.1 Å². The molecule has 6 heteroatoms. The zero-order valence-electron chi connectivity index (χ0n) is 18.2. The SMILES string of the molecule is CC[C@@H](C(=O)NCC(C)C)N(Cc1cccc(OC)c1)C(=O)Cc1ccccc1F. The molecule has 0 unspecified atom stereocenters. The third-order valence-corrected chi connectivity index (χ3v) is 4.86. The number of ether oxygens (including phenoxy) is 1. The molecule has 0 spiro atoms. The normalized spacial score (nSPS) is 11.8. The number of methoxy groups -OCH3 is 1. The second-order valence-corrected chi connectivity index (χ2v) is 7.70. The Bertz CT molecular complexity index is 854. The fourth-order valence-electron chi connectivity index (χ4n) is 3.22. The summed E-state index contributed by atoms with van der Waals surface area (Å²) in [6.07, 6.45) is 0.349. The number of rotatable bonds is 10. The van der Waals surface area contributed by atoms with Crippen LogP contribution in [0, 0.1) is 11.7 Å². The van der Waals surface area contributed by atoms with Crippen LogP contribution in [0.3, 0.4) is 0 Å². The highest BCUT2D eigenvalue weighted by molar-refractivity contribution is 5.88. The minimum Gasteiger partial charge on any atom is -0.497 e. The Labute approximate surface area is 178 Å². The van der Waals surface area contributed by atoms with E-state index in [0.29, 0.717) is 30.2 Å².